The molecule has 0 bridgehead atoms. The van der Waals surface area contributed by atoms with Crippen LogP contribution >= 0.6 is 11.8 Å². The molecule has 0 saturated heterocycles. The molecular weight excluding hydrogens is 627 g/mol. The minimum Gasteiger partial charge on any atom is -0.362 e. The Morgan fingerprint density at radius 2 is 1.06 bits per heavy atom. The fourth-order valence-corrected chi connectivity index (χ4v) is 9.30. The van der Waals surface area contributed by atoms with Crippen LogP contribution in [0.2, 0.25) is 0 Å². The number of hydrogen-bond acceptors (Lipinski definition) is 2. The first-order chi connectivity index (χ1) is 24.8. The van der Waals surface area contributed by atoms with Crippen LogP contribution in [0.15, 0.2) is 186 Å². The van der Waals surface area contributed by atoms with E-state index in [-0.39, 0.29) is 6.98 Å². The number of para-hydroxylation sites is 2. The predicted molar refractivity (Wildman–Crippen MR) is 209 cm³/mol. The van der Waals surface area contributed by atoms with Crippen LogP contribution in [0.25, 0.3) is 49.7 Å². The first kappa shape index (κ1) is 27.8. The van der Waals surface area contributed by atoms with Gasteiger partial charge in [0.25, 0.3) is 0 Å². The molecule has 0 amide bonds. The van der Waals surface area contributed by atoms with E-state index in [1.807, 2.05) is 11.8 Å². The molecule has 5 heterocycles. The molecule has 2 aliphatic heterocycles. The van der Waals surface area contributed by atoms with Crippen molar-refractivity contribution in [1.29, 1.82) is 0 Å². The van der Waals surface area contributed by atoms with E-state index >= 15 is 0 Å². The summed E-state index contributed by atoms with van der Waals surface area (Å²) in [6.45, 7) is 0.0191. The third-order valence-electron chi connectivity index (χ3n) is 10.3. The summed E-state index contributed by atoms with van der Waals surface area (Å²) in [4.78, 5) is 3.77. The lowest BCUT2D eigenvalue weighted by Gasteiger charge is -2.40. The number of fused-ring (bicyclic) bond motifs is 7. The summed E-state index contributed by atoms with van der Waals surface area (Å²) in [7, 11) is 0. The topological polar surface area (TPSA) is 18.0 Å². The number of hydrogen-bond donors (Lipinski definition) is 0. The zero-order valence-electron chi connectivity index (χ0n) is 27.0. The van der Waals surface area contributed by atoms with Gasteiger partial charge in [0.05, 0.1) is 16.1 Å². The quantitative estimate of drug-likeness (QED) is 0.176. The Labute approximate surface area is 294 Å². The highest BCUT2D eigenvalue weighted by Crippen LogP contribution is 2.47. The highest BCUT2D eigenvalue weighted by atomic mass is 32.2. The van der Waals surface area contributed by atoms with E-state index in [4.69, 9.17) is 0 Å². The number of nitrogens with zero attached hydrogens (tertiary/aromatic N) is 4. The highest BCUT2D eigenvalue weighted by molar-refractivity contribution is 7.99. The Bertz CT molecular complexity index is 2650. The molecule has 234 valence electrons. The number of anilines is 3. The number of aromatic nitrogens is 3. The smallest absolute Gasteiger partial charge is 0.362 e. The molecule has 3 aromatic heterocycles. The van der Waals surface area contributed by atoms with E-state index in [0.717, 1.165) is 17.2 Å². The molecule has 9 aromatic rings. The van der Waals surface area contributed by atoms with Crippen molar-refractivity contribution in [3.63, 3.8) is 0 Å². The fourth-order valence-electron chi connectivity index (χ4n) is 8.16. The number of benzene rings is 6. The van der Waals surface area contributed by atoms with Gasteiger partial charge < -0.3 is 13.5 Å². The second-order valence-corrected chi connectivity index (χ2v) is 14.1. The van der Waals surface area contributed by atoms with Crippen LogP contribution in [-0.4, -0.2) is 20.5 Å². The van der Waals surface area contributed by atoms with Crippen LogP contribution in [0.1, 0.15) is 0 Å². The van der Waals surface area contributed by atoms with Gasteiger partial charge in [-0.25, -0.2) is 0 Å². The summed E-state index contributed by atoms with van der Waals surface area (Å²) < 4.78 is 7.31. The summed E-state index contributed by atoms with van der Waals surface area (Å²) in [5.41, 5.74) is 12.0. The Hall–Kier alpha value is -6.11. The van der Waals surface area contributed by atoms with Gasteiger partial charge in [0.15, 0.2) is 0 Å². The molecule has 0 aliphatic carbocycles. The molecule has 6 aromatic carbocycles. The molecule has 0 saturated carbocycles. The molecule has 0 N–H and O–H groups in total. The van der Waals surface area contributed by atoms with Gasteiger partial charge in [0.1, 0.15) is 5.82 Å². The molecule has 50 heavy (non-hydrogen) atoms. The minimum atomic E-state index is 0.0191. The lowest BCUT2D eigenvalue weighted by Crippen LogP contribution is -2.53. The first-order valence-electron chi connectivity index (χ1n) is 17.0. The molecule has 11 rings (SSSR count). The molecule has 6 heteroatoms. The lowest BCUT2D eigenvalue weighted by atomic mass is 9.64. The van der Waals surface area contributed by atoms with E-state index in [1.54, 1.807) is 0 Å². The summed E-state index contributed by atoms with van der Waals surface area (Å²) >= 11 is 1.86. The van der Waals surface area contributed by atoms with E-state index in [9.17, 15) is 0 Å². The van der Waals surface area contributed by atoms with Crippen molar-refractivity contribution in [1.82, 2.24) is 13.5 Å². The van der Waals surface area contributed by atoms with E-state index in [2.05, 4.69) is 195 Å². The summed E-state index contributed by atoms with van der Waals surface area (Å²) in [6.07, 6.45) is 4.46. The van der Waals surface area contributed by atoms with E-state index in [0.29, 0.717) is 0 Å². The summed E-state index contributed by atoms with van der Waals surface area (Å²) in [5.74, 6) is 1.14. The van der Waals surface area contributed by atoms with Crippen LogP contribution < -0.4 is 10.4 Å². The van der Waals surface area contributed by atoms with Crippen molar-refractivity contribution < 1.29 is 0 Å². The van der Waals surface area contributed by atoms with Crippen molar-refractivity contribution >= 4 is 63.2 Å². The zero-order valence-corrected chi connectivity index (χ0v) is 27.8. The molecule has 0 atom stereocenters. The van der Waals surface area contributed by atoms with Gasteiger partial charge >= 0.3 is 6.98 Å². The normalized spacial score (nSPS) is 13.0. The second-order valence-electron chi connectivity index (χ2n) is 13.1. The molecule has 0 fully saturated rings. The van der Waals surface area contributed by atoms with Crippen molar-refractivity contribution in [3.05, 3.63) is 176 Å². The van der Waals surface area contributed by atoms with Crippen molar-refractivity contribution in [2.45, 2.75) is 9.92 Å². The van der Waals surface area contributed by atoms with E-state index < -0.39 is 0 Å². The molecule has 0 unspecified atom stereocenters. The Morgan fingerprint density at radius 1 is 0.460 bits per heavy atom. The maximum absolute atomic E-state index is 2.49. The second kappa shape index (κ2) is 10.7. The average molecular weight is 657 g/mol. The first-order valence-corrected chi connectivity index (χ1v) is 17.9. The Balaban J connectivity index is 1.22. The fraction of sp³-hybridized carbons (Fsp3) is 0. The van der Waals surface area contributed by atoms with Gasteiger partial charge in [-0.3, -0.25) is 4.90 Å². The summed E-state index contributed by atoms with van der Waals surface area (Å²) in [5, 5.41) is 3.78. The monoisotopic (exact) mass is 656 g/mol. The van der Waals surface area contributed by atoms with Crippen LogP contribution in [0, 0.1) is 0 Å². The van der Waals surface area contributed by atoms with Gasteiger partial charge in [-0.05, 0) is 101 Å². The Morgan fingerprint density at radius 3 is 1.74 bits per heavy atom. The molecule has 4 nitrogen and oxygen atoms in total. The van der Waals surface area contributed by atoms with Gasteiger partial charge in [-0.2, -0.15) is 0 Å². The number of rotatable bonds is 4. The molecule has 0 radical (unpaired) electrons. The largest absolute Gasteiger partial charge is 0.424 e. The third kappa shape index (κ3) is 4.03. The molecule has 2 aliphatic rings. The third-order valence-corrected chi connectivity index (χ3v) is 11.4. The summed E-state index contributed by atoms with van der Waals surface area (Å²) in [6, 6.07) is 59.8. The average Bonchev–Trinajstić information content (AvgIpc) is 3.93. The van der Waals surface area contributed by atoms with Gasteiger partial charge in [-0.15, -0.1) is 0 Å². The van der Waals surface area contributed by atoms with Crippen LogP contribution in [-0.2, 0) is 0 Å². The van der Waals surface area contributed by atoms with Crippen molar-refractivity contribution in [2.24, 2.45) is 0 Å². The maximum atomic E-state index is 2.49. The SMILES string of the molecule is c1ccc(-c2cc(-c3ccccc3)cc(N3c4cc(-n5c6ccccc6c6ccccc65)cc5c4B(n4cccc4S5)n4cccc43)c2)cc1. The zero-order chi connectivity index (χ0) is 32.8. The standard InChI is InChI=1S/C44H29BN4S/c1-3-13-30(14-4-1)32-25-33(31-15-5-2-6-16-31)27-34(26-32)49-40-28-35(48-38-19-9-7-17-36(38)37-18-8-10-20-39(37)48)29-41-44(40)45(46-23-11-21-42(46)49)47-24-12-22-43(47)50-41/h1-29H. The highest BCUT2D eigenvalue weighted by Gasteiger charge is 2.42. The predicted octanol–water partition coefficient (Wildman–Crippen LogP) is 10.8. The Kier molecular flexibility index (Phi) is 5.95. The molecular formula is C44H29BN4S. The van der Waals surface area contributed by atoms with Crippen LogP contribution in [0.4, 0.5) is 17.2 Å². The van der Waals surface area contributed by atoms with Gasteiger partial charge in [0, 0.05) is 38.2 Å². The molecule has 0 spiro atoms. The van der Waals surface area contributed by atoms with Crippen LogP contribution in [0.5, 0.6) is 0 Å². The minimum absolute atomic E-state index is 0.0191. The van der Waals surface area contributed by atoms with Crippen molar-refractivity contribution in [3.8, 4) is 27.9 Å². The van der Waals surface area contributed by atoms with Gasteiger partial charge in [-0.1, -0.05) is 109 Å². The van der Waals surface area contributed by atoms with Crippen LogP contribution in [0.3, 0.4) is 0 Å². The van der Waals surface area contributed by atoms with E-state index in [1.165, 1.54) is 65.1 Å². The maximum Gasteiger partial charge on any atom is 0.424 e. The lowest BCUT2D eigenvalue weighted by molar-refractivity contribution is 0.956. The van der Waals surface area contributed by atoms with Gasteiger partial charge in [0.2, 0.25) is 0 Å². The van der Waals surface area contributed by atoms with Crippen molar-refractivity contribution in [2.75, 3.05) is 4.90 Å².